The van der Waals surface area contributed by atoms with Crippen LogP contribution in [0.2, 0.25) is 5.02 Å². The largest absolute Gasteiger partial charge is 0.493 e. The molecule has 0 bridgehead atoms. The summed E-state index contributed by atoms with van der Waals surface area (Å²) in [6.07, 6.45) is 0. The lowest BCUT2D eigenvalue weighted by atomic mass is 10.1. The van der Waals surface area contributed by atoms with E-state index in [0.29, 0.717) is 35.2 Å². The monoisotopic (exact) mass is 404 g/mol. The van der Waals surface area contributed by atoms with E-state index in [4.69, 9.17) is 21.1 Å². The standard InChI is InChI=1S/C22H29ClN2O3/c1-5-25(6-2)16(3)14-24-22(26)18-9-12-20(21(13-18)27-4)28-15-17-7-10-19(23)11-8-17/h7-13,16H,5-6,14-15H2,1-4H3,(H,24,26). The molecule has 28 heavy (non-hydrogen) atoms. The molecule has 1 atom stereocenters. The topological polar surface area (TPSA) is 50.8 Å². The van der Waals surface area contributed by atoms with Crippen LogP contribution in [0.5, 0.6) is 11.5 Å². The minimum absolute atomic E-state index is 0.124. The van der Waals surface area contributed by atoms with Crippen LogP contribution >= 0.6 is 11.6 Å². The van der Waals surface area contributed by atoms with Crippen molar-refractivity contribution < 1.29 is 14.3 Å². The highest BCUT2D eigenvalue weighted by molar-refractivity contribution is 6.30. The van der Waals surface area contributed by atoms with Crippen LogP contribution in [0.4, 0.5) is 0 Å². The van der Waals surface area contributed by atoms with Crippen molar-refractivity contribution in [2.45, 2.75) is 33.4 Å². The summed E-state index contributed by atoms with van der Waals surface area (Å²) in [6, 6.07) is 13.0. The van der Waals surface area contributed by atoms with Gasteiger partial charge in [-0.15, -0.1) is 0 Å². The van der Waals surface area contributed by atoms with Crippen LogP contribution in [0.25, 0.3) is 0 Å². The zero-order valence-electron chi connectivity index (χ0n) is 17.0. The van der Waals surface area contributed by atoms with E-state index in [1.807, 2.05) is 24.3 Å². The van der Waals surface area contributed by atoms with Crippen LogP contribution < -0.4 is 14.8 Å². The van der Waals surface area contributed by atoms with Crippen molar-refractivity contribution in [2.75, 3.05) is 26.7 Å². The maximum atomic E-state index is 12.5. The Morgan fingerprint density at radius 3 is 2.39 bits per heavy atom. The molecular weight excluding hydrogens is 376 g/mol. The second kappa shape index (κ2) is 10.9. The summed E-state index contributed by atoms with van der Waals surface area (Å²) in [5.41, 5.74) is 1.54. The number of nitrogens with one attached hydrogen (secondary N) is 1. The van der Waals surface area contributed by atoms with Crippen LogP contribution in [0, 0.1) is 0 Å². The van der Waals surface area contributed by atoms with Crippen LogP contribution in [-0.4, -0.2) is 43.6 Å². The molecule has 1 unspecified atom stereocenters. The van der Waals surface area contributed by atoms with Crippen molar-refractivity contribution >= 4 is 17.5 Å². The van der Waals surface area contributed by atoms with Crippen molar-refractivity contribution in [2.24, 2.45) is 0 Å². The fraction of sp³-hybridized carbons (Fsp3) is 0.409. The fourth-order valence-corrected chi connectivity index (χ4v) is 3.11. The molecule has 5 nitrogen and oxygen atoms in total. The highest BCUT2D eigenvalue weighted by atomic mass is 35.5. The van der Waals surface area contributed by atoms with Gasteiger partial charge >= 0.3 is 0 Å². The number of carbonyl (C=O) groups excluding carboxylic acids is 1. The Bertz CT molecular complexity index is 761. The second-order valence-electron chi connectivity index (χ2n) is 6.56. The lowest BCUT2D eigenvalue weighted by molar-refractivity contribution is 0.0937. The molecule has 6 heteroatoms. The lowest BCUT2D eigenvalue weighted by Crippen LogP contribution is -2.42. The first-order chi connectivity index (χ1) is 13.5. The Morgan fingerprint density at radius 2 is 1.79 bits per heavy atom. The normalized spacial score (nSPS) is 11.9. The fourth-order valence-electron chi connectivity index (χ4n) is 2.99. The van der Waals surface area contributed by atoms with Crippen LogP contribution in [0.15, 0.2) is 42.5 Å². The second-order valence-corrected chi connectivity index (χ2v) is 7.00. The van der Waals surface area contributed by atoms with Crippen LogP contribution in [0.1, 0.15) is 36.7 Å². The van der Waals surface area contributed by atoms with Gasteiger partial charge in [0.1, 0.15) is 6.61 Å². The minimum Gasteiger partial charge on any atom is -0.493 e. The Balaban J connectivity index is 1.99. The molecule has 0 saturated carbocycles. The molecule has 2 aromatic rings. The van der Waals surface area contributed by atoms with Gasteiger partial charge in [-0.2, -0.15) is 0 Å². The summed E-state index contributed by atoms with van der Waals surface area (Å²) in [6.45, 7) is 9.26. The van der Waals surface area contributed by atoms with Gasteiger partial charge < -0.3 is 14.8 Å². The molecule has 2 aromatic carbocycles. The third-order valence-electron chi connectivity index (χ3n) is 4.73. The quantitative estimate of drug-likeness (QED) is 0.638. The molecular formula is C22H29ClN2O3. The predicted octanol–water partition coefficient (Wildman–Crippen LogP) is 4.39. The summed E-state index contributed by atoms with van der Waals surface area (Å²) < 4.78 is 11.2. The molecule has 0 fully saturated rings. The number of likely N-dealkylation sites (N-methyl/N-ethyl adjacent to an activating group) is 1. The number of rotatable bonds is 10. The number of hydrogen-bond acceptors (Lipinski definition) is 4. The third kappa shape index (κ3) is 6.14. The first kappa shape index (κ1) is 22.1. The number of carbonyl (C=O) groups is 1. The zero-order chi connectivity index (χ0) is 20.5. The minimum atomic E-state index is -0.124. The highest BCUT2D eigenvalue weighted by Crippen LogP contribution is 2.29. The van der Waals surface area contributed by atoms with Crippen LogP contribution in [-0.2, 0) is 6.61 Å². The lowest BCUT2D eigenvalue weighted by Gasteiger charge is -2.26. The predicted molar refractivity (Wildman–Crippen MR) is 113 cm³/mol. The number of methoxy groups -OCH3 is 1. The molecule has 0 heterocycles. The molecule has 0 radical (unpaired) electrons. The maximum absolute atomic E-state index is 12.5. The average Bonchev–Trinajstić information content (AvgIpc) is 2.72. The van der Waals surface area contributed by atoms with Crippen molar-refractivity contribution in [1.82, 2.24) is 10.2 Å². The number of benzene rings is 2. The zero-order valence-corrected chi connectivity index (χ0v) is 17.8. The Hall–Kier alpha value is -2.24. The summed E-state index contributed by atoms with van der Waals surface area (Å²) >= 11 is 5.90. The van der Waals surface area contributed by atoms with Gasteiger partial charge in [-0.05, 0) is 55.9 Å². The van der Waals surface area contributed by atoms with Gasteiger partial charge in [0, 0.05) is 23.2 Å². The number of ether oxygens (including phenoxy) is 2. The van der Waals surface area contributed by atoms with E-state index < -0.39 is 0 Å². The Labute approximate surface area is 172 Å². The van der Waals surface area contributed by atoms with Gasteiger partial charge in [0.25, 0.3) is 5.91 Å². The van der Waals surface area contributed by atoms with Gasteiger partial charge in [0.2, 0.25) is 0 Å². The van der Waals surface area contributed by atoms with E-state index in [1.165, 1.54) is 0 Å². The molecule has 0 spiro atoms. The summed E-state index contributed by atoms with van der Waals surface area (Å²) in [4.78, 5) is 14.8. The van der Waals surface area contributed by atoms with Gasteiger partial charge in [0.15, 0.2) is 11.5 Å². The molecule has 0 saturated heterocycles. The molecule has 1 amide bonds. The number of halogens is 1. The van der Waals surface area contributed by atoms with E-state index >= 15 is 0 Å². The van der Waals surface area contributed by atoms with E-state index in [9.17, 15) is 4.79 Å². The highest BCUT2D eigenvalue weighted by Gasteiger charge is 2.14. The molecule has 152 valence electrons. The smallest absolute Gasteiger partial charge is 0.251 e. The molecule has 0 aliphatic rings. The van der Waals surface area contributed by atoms with E-state index in [1.54, 1.807) is 25.3 Å². The molecule has 0 aliphatic heterocycles. The van der Waals surface area contributed by atoms with Crippen LogP contribution in [0.3, 0.4) is 0 Å². The SMILES string of the molecule is CCN(CC)C(C)CNC(=O)c1ccc(OCc2ccc(Cl)cc2)c(OC)c1. The van der Waals surface area contributed by atoms with E-state index in [0.717, 1.165) is 18.7 Å². The summed E-state index contributed by atoms with van der Waals surface area (Å²) in [7, 11) is 1.56. The number of hydrogen-bond donors (Lipinski definition) is 1. The van der Waals surface area contributed by atoms with Gasteiger partial charge in [0.05, 0.1) is 7.11 Å². The van der Waals surface area contributed by atoms with Crippen molar-refractivity contribution in [3.63, 3.8) is 0 Å². The number of amides is 1. The molecule has 2 rings (SSSR count). The van der Waals surface area contributed by atoms with E-state index in [-0.39, 0.29) is 11.9 Å². The molecule has 1 N–H and O–H groups in total. The first-order valence-electron chi connectivity index (χ1n) is 9.56. The van der Waals surface area contributed by atoms with Gasteiger partial charge in [-0.25, -0.2) is 0 Å². The van der Waals surface area contributed by atoms with Gasteiger partial charge in [-0.3, -0.25) is 9.69 Å². The Kier molecular flexibility index (Phi) is 8.61. The Morgan fingerprint density at radius 1 is 1.11 bits per heavy atom. The third-order valence-corrected chi connectivity index (χ3v) is 4.98. The van der Waals surface area contributed by atoms with E-state index in [2.05, 4.69) is 31.0 Å². The van der Waals surface area contributed by atoms with Crippen molar-refractivity contribution in [3.8, 4) is 11.5 Å². The molecule has 0 aliphatic carbocycles. The number of nitrogens with zero attached hydrogens (tertiary/aromatic N) is 1. The van der Waals surface area contributed by atoms with Gasteiger partial charge in [-0.1, -0.05) is 37.6 Å². The van der Waals surface area contributed by atoms with Crippen molar-refractivity contribution in [1.29, 1.82) is 0 Å². The summed E-state index contributed by atoms with van der Waals surface area (Å²) in [5.74, 6) is 0.991. The maximum Gasteiger partial charge on any atom is 0.251 e. The average molecular weight is 405 g/mol. The first-order valence-corrected chi connectivity index (χ1v) is 9.93. The van der Waals surface area contributed by atoms with Crippen molar-refractivity contribution in [3.05, 3.63) is 58.6 Å². The summed E-state index contributed by atoms with van der Waals surface area (Å²) in [5, 5.41) is 3.68. The molecule has 0 aromatic heterocycles.